The normalized spacial score (nSPS) is 11.8. The molecule has 10 aromatic rings. The number of hydrogen-bond acceptors (Lipinski definition) is 1. The average molecular weight is 611 g/mol. The van der Waals surface area contributed by atoms with Crippen molar-refractivity contribution in [3.05, 3.63) is 182 Å². The van der Waals surface area contributed by atoms with Crippen molar-refractivity contribution < 1.29 is 0 Å². The van der Waals surface area contributed by atoms with Gasteiger partial charge in [0.25, 0.3) is 0 Å². The van der Waals surface area contributed by atoms with Gasteiger partial charge in [0.05, 0.1) is 16.6 Å². The second-order valence-corrected chi connectivity index (χ2v) is 12.6. The molecule has 0 radical (unpaired) electrons. The second-order valence-electron chi connectivity index (χ2n) is 12.6. The van der Waals surface area contributed by atoms with Crippen LogP contribution in [0.3, 0.4) is 0 Å². The van der Waals surface area contributed by atoms with Crippen LogP contribution in [-0.2, 0) is 0 Å². The second kappa shape index (κ2) is 10.6. The number of anilines is 3. The van der Waals surface area contributed by atoms with E-state index < -0.39 is 0 Å². The topological polar surface area (TPSA) is 7.65 Å². The van der Waals surface area contributed by atoms with Gasteiger partial charge in [-0.15, -0.1) is 0 Å². The van der Waals surface area contributed by atoms with E-state index >= 15 is 0 Å². The van der Waals surface area contributed by atoms with Crippen LogP contribution in [0.2, 0.25) is 0 Å². The Hall–Kier alpha value is -6.38. The van der Waals surface area contributed by atoms with Crippen molar-refractivity contribution in [1.82, 2.24) is 4.40 Å². The Morgan fingerprint density at radius 2 is 0.896 bits per heavy atom. The van der Waals surface area contributed by atoms with Gasteiger partial charge in [-0.25, -0.2) is 0 Å². The molecule has 224 valence electrons. The first-order chi connectivity index (χ1) is 23.8. The van der Waals surface area contributed by atoms with E-state index in [-0.39, 0.29) is 0 Å². The molecule has 10 rings (SSSR count). The minimum Gasteiger partial charge on any atom is -0.310 e. The summed E-state index contributed by atoms with van der Waals surface area (Å²) in [4.78, 5) is 2.34. The van der Waals surface area contributed by atoms with Gasteiger partial charge in [-0.3, -0.25) is 0 Å². The fraction of sp³-hybridized carbons (Fsp3) is 0. The van der Waals surface area contributed by atoms with Gasteiger partial charge in [-0.1, -0.05) is 127 Å². The van der Waals surface area contributed by atoms with E-state index in [4.69, 9.17) is 0 Å². The van der Waals surface area contributed by atoms with Crippen LogP contribution in [0.1, 0.15) is 0 Å². The molecule has 0 saturated carbocycles. The van der Waals surface area contributed by atoms with E-state index in [9.17, 15) is 0 Å². The molecular formula is C46H30N2. The molecule has 0 fully saturated rings. The maximum Gasteiger partial charge on any atom is 0.0620 e. The maximum absolute atomic E-state index is 2.44. The average Bonchev–Trinajstić information content (AvgIpc) is 3.68. The number of rotatable bonds is 5. The first-order valence-corrected chi connectivity index (χ1v) is 16.5. The van der Waals surface area contributed by atoms with Crippen LogP contribution in [0.25, 0.3) is 71.1 Å². The third-order valence-electron chi connectivity index (χ3n) is 9.88. The number of para-hydroxylation sites is 3. The molecule has 0 unspecified atom stereocenters. The van der Waals surface area contributed by atoms with Crippen LogP contribution < -0.4 is 4.90 Å². The summed E-state index contributed by atoms with van der Waals surface area (Å²) in [6, 6.07) is 66.1. The molecular weight excluding hydrogens is 581 g/mol. The number of fused-ring (bicyclic) bond motifs is 7. The van der Waals surface area contributed by atoms with E-state index in [0.717, 1.165) is 17.1 Å². The summed E-state index contributed by atoms with van der Waals surface area (Å²) < 4.78 is 2.44. The minimum atomic E-state index is 1.13. The lowest BCUT2D eigenvalue weighted by Crippen LogP contribution is -2.09. The highest BCUT2D eigenvalue weighted by molar-refractivity contribution is 6.23. The zero-order valence-corrected chi connectivity index (χ0v) is 26.2. The maximum atomic E-state index is 2.44. The van der Waals surface area contributed by atoms with Gasteiger partial charge in [-0.05, 0) is 87.6 Å². The first kappa shape index (κ1) is 26.8. The molecule has 48 heavy (non-hydrogen) atoms. The van der Waals surface area contributed by atoms with E-state index in [1.54, 1.807) is 0 Å². The highest BCUT2D eigenvalue weighted by Crippen LogP contribution is 2.41. The summed E-state index contributed by atoms with van der Waals surface area (Å²) in [6.07, 6.45) is 0. The predicted octanol–water partition coefficient (Wildman–Crippen LogP) is 12.8. The van der Waals surface area contributed by atoms with Gasteiger partial charge in [0, 0.05) is 38.6 Å². The van der Waals surface area contributed by atoms with E-state index in [2.05, 4.69) is 191 Å². The SMILES string of the molecule is c1ccc(N(c2cccc(-c3ccc(-c4ccc5c(c4)c4cccc6c7ccccc7n5c64)cc3)c2)c2ccc3ccccc3c2)cc1. The Kier molecular flexibility index (Phi) is 5.91. The molecule has 0 aliphatic heterocycles. The van der Waals surface area contributed by atoms with Crippen molar-refractivity contribution >= 4 is 65.9 Å². The van der Waals surface area contributed by atoms with Gasteiger partial charge < -0.3 is 9.30 Å². The molecule has 0 amide bonds. The van der Waals surface area contributed by atoms with Crippen LogP contribution in [0.4, 0.5) is 17.1 Å². The predicted molar refractivity (Wildman–Crippen MR) is 204 cm³/mol. The van der Waals surface area contributed by atoms with Gasteiger partial charge in [-0.2, -0.15) is 0 Å². The largest absolute Gasteiger partial charge is 0.310 e. The molecule has 2 nitrogen and oxygen atoms in total. The van der Waals surface area contributed by atoms with Gasteiger partial charge in [0.1, 0.15) is 0 Å². The molecule has 0 aliphatic rings. The number of nitrogens with zero attached hydrogens (tertiary/aromatic N) is 2. The quantitative estimate of drug-likeness (QED) is 0.188. The van der Waals surface area contributed by atoms with Crippen molar-refractivity contribution in [2.24, 2.45) is 0 Å². The van der Waals surface area contributed by atoms with Gasteiger partial charge >= 0.3 is 0 Å². The highest BCUT2D eigenvalue weighted by atomic mass is 15.1. The molecule has 0 aliphatic carbocycles. The van der Waals surface area contributed by atoms with Crippen molar-refractivity contribution in [2.45, 2.75) is 0 Å². The van der Waals surface area contributed by atoms with Crippen molar-refractivity contribution in [1.29, 1.82) is 0 Å². The first-order valence-electron chi connectivity index (χ1n) is 16.5. The Morgan fingerprint density at radius 1 is 0.312 bits per heavy atom. The van der Waals surface area contributed by atoms with Crippen LogP contribution in [-0.4, -0.2) is 4.40 Å². The molecule has 0 spiro atoms. The number of hydrogen-bond donors (Lipinski definition) is 0. The summed E-state index contributed by atoms with van der Waals surface area (Å²) in [7, 11) is 0. The summed E-state index contributed by atoms with van der Waals surface area (Å²) in [5.74, 6) is 0. The van der Waals surface area contributed by atoms with Crippen LogP contribution in [0, 0.1) is 0 Å². The van der Waals surface area contributed by atoms with Gasteiger partial charge in [0.2, 0.25) is 0 Å². The fourth-order valence-corrected chi connectivity index (χ4v) is 7.63. The highest BCUT2D eigenvalue weighted by Gasteiger charge is 2.18. The molecule has 0 saturated heterocycles. The Morgan fingerprint density at radius 3 is 1.73 bits per heavy atom. The molecule has 2 heterocycles. The molecule has 8 aromatic carbocycles. The standard InChI is InChI=1S/C46H30N2/c1-2-13-37(14-3-1)47(39-26-24-31-10-4-5-11-34(31)29-39)38-15-8-12-35(28-38)32-20-22-33(23-21-32)36-25-27-45-43(30-36)42-18-9-17-41-40-16-6-7-19-44(40)48(45)46(41)42/h1-30H. The van der Waals surface area contributed by atoms with E-state index in [0.29, 0.717) is 0 Å². The molecule has 2 heteroatoms. The Bertz CT molecular complexity index is 2770. The van der Waals surface area contributed by atoms with Crippen molar-refractivity contribution in [3.8, 4) is 22.3 Å². The van der Waals surface area contributed by atoms with Crippen molar-refractivity contribution in [3.63, 3.8) is 0 Å². The number of benzene rings is 8. The summed E-state index contributed by atoms with van der Waals surface area (Å²) >= 11 is 0. The smallest absolute Gasteiger partial charge is 0.0620 e. The monoisotopic (exact) mass is 610 g/mol. The number of aromatic nitrogens is 1. The van der Waals surface area contributed by atoms with Crippen LogP contribution in [0.5, 0.6) is 0 Å². The van der Waals surface area contributed by atoms with Crippen LogP contribution in [0.15, 0.2) is 182 Å². The summed E-state index contributed by atoms with van der Waals surface area (Å²) in [5, 5.41) is 7.71. The summed E-state index contributed by atoms with van der Waals surface area (Å²) in [6.45, 7) is 0. The fourth-order valence-electron chi connectivity index (χ4n) is 7.63. The van der Waals surface area contributed by atoms with Gasteiger partial charge in [0.15, 0.2) is 0 Å². The molecule has 0 N–H and O–H groups in total. The Balaban J connectivity index is 1.03. The Labute approximate surface area is 278 Å². The zero-order chi connectivity index (χ0) is 31.6. The molecule has 0 bridgehead atoms. The lowest BCUT2D eigenvalue weighted by Gasteiger charge is -2.26. The molecule has 0 atom stereocenters. The van der Waals surface area contributed by atoms with E-state index in [1.165, 1.54) is 71.1 Å². The summed E-state index contributed by atoms with van der Waals surface area (Å²) in [5.41, 5.74) is 12.1. The van der Waals surface area contributed by atoms with Crippen LogP contribution >= 0.6 is 0 Å². The van der Waals surface area contributed by atoms with Crippen molar-refractivity contribution in [2.75, 3.05) is 4.90 Å². The minimum absolute atomic E-state index is 1.13. The lowest BCUT2D eigenvalue weighted by atomic mass is 9.98. The zero-order valence-electron chi connectivity index (χ0n) is 26.2. The lowest BCUT2D eigenvalue weighted by molar-refractivity contribution is 1.29. The third kappa shape index (κ3) is 4.13. The van der Waals surface area contributed by atoms with E-state index in [1.807, 2.05) is 0 Å². The third-order valence-corrected chi connectivity index (χ3v) is 9.88. The molecule has 2 aromatic heterocycles.